The van der Waals surface area contributed by atoms with Crippen LogP contribution >= 0.6 is 11.6 Å². The first-order valence-corrected chi connectivity index (χ1v) is 6.94. The Morgan fingerprint density at radius 3 is 2.62 bits per heavy atom. The normalized spacial score (nSPS) is 10.8. The molecule has 0 unspecified atom stereocenters. The lowest BCUT2D eigenvalue weighted by molar-refractivity contribution is 0.264. The van der Waals surface area contributed by atoms with Crippen molar-refractivity contribution < 1.29 is 14.6 Å². The summed E-state index contributed by atoms with van der Waals surface area (Å²) < 4.78 is 10.9. The Labute approximate surface area is 129 Å². The Kier molecular flexibility index (Phi) is 5.67. The average molecular weight is 305 g/mol. The van der Waals surface area contributed by atoms with Gasteiger partial charge in [0, 0.05) is 16.7 Å². The fourth-order valence-electron chi connectivity index (χ4n) is 1.94. The number of hydrogen-bond acceptors (Lipinski definition) is 3. The molecule has 0 amide bonds. The van der Waals surface area contributed by atoms with Crippen molar-refractivity contribution in [1.29, 1.82) is 0 Å². The van der Waals surface area contributed by atoms with E-state index in [4.69, 9.17) is 21.1 Å². The van der Waals surface area contributed by atoms with Crippen LogP contribution in [-0.2, 0) is 6.61 Å². The minimum absolute atomic E-state index is 0.158. The van der Waals surface area contributed by atoms with Crippen molar-refractivity contribution in [1.82, 2.24) is 0 Å². The highest BCUT2D eigenvalue weighted by atomic mass is 35.5. The van der Waals surface area contributed by atoms with Gasteiger partial charge in [0.2, 0.25) is 0 Å². The molecule has 3 nitrogen and oxygen atoms in total. The number of benzene rings is 2. The molecule has 0 aliphatic carbocycles. The Morgan fingerprint density at radius 1 is 1.19 bits per heavy atom. The molecular formula is C17H17ClO3. The van der Waals surface area contributed by atoms with Gasteiger partial charge in [0.15, 0.2) is 11.5 Å². The van der Waals surface area contributed by atoms with Crippen LogP contribution in [0.5, 0.6) is 11.5 Å². The lowest BCUT2D eigenvalue weighted by Crippen LogP contribution is -2.01. The molecule has 0 spiro atoms. The van der Waals surface area contributed by atoms with Gasteiger partial charge in [-0.25, -0.2) is 0 Å². The van der Waals surface area contributed by atoms with E-state index in [1.807, 2.05) is 42.5 Å². The van der Waals surface area contributed by atoms with Crippen LogP contribution in [0.4, 0.5) is 0 Å². The summed E-state index contributed by atoms with van der Waals surface area (Å²) in [7, 11) is 1.54. The van der Waals surface area contributed by atoms with Gasteiger partial charge in [0.1, 0.15) is 6.61 Å². The fourth-order valence-corrected chi connectivity index (χ4v) is 2.17. The second-order valence-corrected chi connectivity index (χ2v) is 4.81. The summed E-state index contributed by atoms with van der Waals surface area (Å²) in [5.41, 5.74) is 1.71. The second kappa shape index (κ2) is 7.72. The van der Waals surface area contributed by atoms with Gasteiger partial charge in [-0.1, -0.05) is 48.0 Å². The minimum atomic E-state index is -0.158. The van der Waals surface area contributed by atoms with E-state index in [0.29, 0.717) is 28.7 Å². The summed E-state index contributed by atoms with van der Waals surface area (Å²) in [4.78, 5) is 0. The standard InChI is InChI=1S/C17H17ClO3/c1-20-16-11-15(18)10-14(12-19)17(16)21-9-5-8-13-6-3-2-4-7-13/h2-8,10-11,19H,9,12H2,1H3/b8-5+. The molecule has 2 rings (SSSR count). The molecule has 0 fully saturated rings. The van der Waals surface area contributed by atoms with E-state index in [2.05, 4.69) is 0 Å². The molecule has 0 radical (unpaired) electrons. The quantitative estimate of drug-likeness (QED) is 0.878. The van der Waals surface area contributed by atoms with Crippen LogP contribution in [0.2, 0.25) is 5.02 Å². The highest BCUT2D eigenvalue weighted by Gasteiger charge is 2.11. The van der Waals surface area contributed by atoms with E-state index >= 15 is 0 Å². The van der Waals surface area contributed by atoms with Crippen molar-refractivity contribution in [3.63, 3.8) is 0 Å². The van der Waals surface area contributed by atoms with Gasteiger partial charge in [-0.3, -0.25) is 0 Å². The number of methoxy groups -OCH3 is 1. The molecule has 2 aromatic carbocycles. The lowest BCUT2D eigenvalue weighted by Gasteiger charge is -2.13. The van der Waals surface area contributed by atoms with Crippen molar-refractivity contribution in [2.24, 2.45) is 0 Å². The summed E-state index contributed by atoms with van der Waals surface area (Å²) in [5.74, 6) is 1.03. The maximum absolute atomic E-state index is 9.39. The molecule has 0 atom stereocenters. The van der Waals surface area contributed by atoms with Gasteiger partial charge >= 0.3 is 0 Å². The van der Waals surface area contributed by atoms with E-state index in [9.17, 15) is 5.11 Å². The van der Waals surface area contributed by atoms with Gasteiger partial charge in [-0.05, 0) is 17.7 Å². The minimum Gasteiger partial charge on any atom is -0.493 e. The molecule has 0 bridgehead atoms. The van der Waals surface area contributed by atoms with Crippen molar-refractivity contribution in [3.05, 3.63) is 64.7 Å². The highest BCUT2D eigenvalue weighted by molar-refractivity contribution is 6.30. The smallest absolute Gasteiger partial charge is 0.167 e. The van der Waals surface area contributed by atoms with Crippen LogP contribution in [0.1, 0.15) is 11.1 Å². The van der Waals surface area contributed by atoms with E-state index in [-0.39, 0.29) is 6.61 Å². The third-order valence-electron chi connectivity index (χ3n) is 2.92. The largest absolute Gasteiger partial charge is 0.493 e. The van der Waals surface area contributed by atoms with Crippen LogP contribution in [-0.4, -0.2) is 18.8 Å². The number of aliphatic hydroxyl groups is 1. The third-order valence-corrected chi connectivity index (χ3v) is 3.14. The summed E-state index contributed by atoms with van der Waals surface area (Å²) in [6, 6.07) is 13.3. The SMILES string of the molecule is COc1cc(Cl)cc(CO)c1OC/C=C/c1ccccc1. The number of ether oxygens (including phenoxy) is 2. The molecule has 0 saturated heterocycles. The lowest BCUT2D eigenvalue weighted by atomic mass is 10.2. The molecule has 1 N–H and O–H groups in total. The monoisotopic (exact) mass is 304 g/mol. The summed E-state index contributed by atoms with van der Waals surface area (Å²) >= 11 is 5.96. The molecule has 110 valence electrons. The predicted octanol–water partition coefficient (Wildman–Crippen LogP) is 3.93. The fraction of sp³-hybridized carbons (Fsp3) is 0.176. The molecule has 4 heteroatoms. The van der Waals surface area contributed by atoms with Crippen molar-refractivity contribution in [3.8, 4) is 11.5 Å². The van der Waals surface area contributed by atoms with Gasteiger partial charge < -0.3 is 14.6 Å². The third kappa shape index (κ3) is 4.25. The maximum Gasteiger partial charge on any atom is 0.167 e. The van der Waals surface area contributed by atoms with Crippen LogP contribution in [0.3, 0.4) is 0 Å². The average Bonchev–Trinajstić information content (AvgIpc) is 2.52. The highest BCUT2D eigenvalue weighted by Crippen LogP contribution is 2.34. The number of hydrogen-bond donors (Lipinski definition) is 1. The molecule has 21 heavy (non-hydrogen) atoms. The number of rotatable bonds is 6. The topological polar surface area (TPSA) is 38.7 Å². The first-order chi connectivity index (χ1) is 10.2. The molecule has 0 aromatic heterocycles. The van der Waals surface area contributed by atoms with Gasteiger partial charge in [0.25, 0.3) is 0 Å². The Bertz CT molecular complexity index is 584. The Balaban J connectivity index is 2.07. The van der Waals surface area contributed by atoms with Crippen molar-refractivity contribution in [2.45, 2.75) is 6.61 Å². The second-order valence-electron chi connectivity index (χ2n) is 4.38. The summed E-state index contributed by atoms with van der Waals surface area (Å²) in [6.45, 7) is 0.217. The maximum atomic E-state index is 9.39. The zero-order valence-electron chi connectivity index (χ0n) is 11.8. The number of aliphatic hydroxyl groups excluding tert-OH is 1. The van der Waals surface area contributed by atoms with Crippen LogP contribution in [0.15, 0.2) is 48.5 Å². The summed E-state index contributed by atoms with van der Waals surface area (Å²) in [6.07, 6.45) is 3.88. The molecule has 0 aliphatic heterocycles. The zero-order valence-corrected chi connectivity index (χ0v) is 12.5. The van der Waals surface area contributed by atoms with Crippen molar-refractivity contribution in [2.75, 3.05) is 13.7 Å². The molecular weight excluding hydrogens is 288 g/mol. The van der Waals surface area contributed by atoms with Crippen LogP contribution in [0.25, 0.3) is 6.08 Å². The van der Waals surface area contributed by atoms with E-state index in [0.717, 1.165) is 5.56 Å². The van der Waals surface area contributed by atoms with E-state index in [1.165, 1.54) is 0 Å². The Morgan fingerprint density at radius 2 is 1.95 bits per heavy atom. The van der Waals surface area contributed by atoms with E-state index < -0.39 is 0 Å². The van der Waals surface area contributed by atoms with Crippen LogP contribution < -0.4 is 9.47 Å². The molecule has 0 aliphatic rings. The van der Waals surface area contributed by atoms with Gasteiger partial charge in [0.05, 0.1) is 13.7 Å². The molecule has 2 aromatic rings. The first kappa shape index (κ1) is 15.4. The predicted molar refractivity (Wildman–Crippen MR) is 84.9 cm³/mol. The number of halogens is 1. The molecule has 0 saturated carbocycles. The van der Waals surface area contributed by atoms with Crippen LogP contribution in [0, 0.1) is 0 Å². The first-order valence-electron chi connectivity index (χ1n) is 6.56. The van der Waals surface area contributed by atoms with E-state index in [1.54, 1.807) is 19.2 Å². The Hall–Kier alpha value is -1.97. The summed E-state index contributed by atoms with van der Waals surface area (Å²) in [5, 5.41) is 9.89. The zero-order chi connectivity index (χ0) is 15.1. The van der Waals surface area contributed by atoms with Crippen molar-refractivity contribution >= 4 is 17.7 Å². The van der Waals surface area contributed by atoms with Gasteiger partial charge in [-0.2, -0.15) is 0 Å². The van der Waals surface area contributed by atoms with Gasteiger partial charge in [-0.15, -0.1) is 0 Å². The molecule has 0 heterocycles.